The molecule has 0 aliphatic carbocycles. The van der Waals surface area contributed by atoms with Gasteiger partial charge in [-0.15, -0.1) is 10.2 Å². The molecule has 1 aromatic heterocycles. The molecule has 0 spiro atoms. The summed E-state index contributed by atoms with van der Waals surface area (Å²) in [7, 11) is 0.497. The number of aromatic nitrogens is 3. The van der Waals surface area contributed by atoms with Crippen LogP contribution in [0, 0.1) is 0 Å². The van der Waals surface area contributed by atoms with Crippen LogP contribution in [0.1, 0.15) is 6.42 Å². The topological polar surface area (TPSA) is 85.2 Å². The van der Waals surface area contributed by atoms with E-state index < -0.39 is 9.84 Å². The van der Waals surface area contributed by atoms with E-state index in [1.807, 2.05) is 0 Å². The van der Waals surface area contributed by atoms with Crippen molar-refractivity contribution in [3.05, 3.63) is 6.33 Å². The van der Waals surface area contributed by atoms with Crippen molar-refractivity contribution in [1.29, 1.82) is 0 Å². The second-order valence-electron chi connectivity index (χ2n) is 4.57. The standard InChI is InChI=1S/C10H16N4O3S2/c1-13-7-11-12-10(13)18-5-9(15)14(2)8-3-4-19(16,17)6-8/h7-8H,3-6H2,1-2H3. The van der Waals surface area contributed by atoms with Crippen LogP contribution in [0.15, 0.2) is 11.5 Å². The van der Waals surface area contributed by atoms with Gasteiger partial charge in [-0.25, -0.2) is 8.42 Å². The molecule has 7 nitrogen and oxygen atoms in total. The Morgan fingerprint density at radius 3 is 2.89 bits per heavy atom. The molecule has 0 bridgehead atoms. The molecule has 1 fully saturated rings. The van der Waals surface area contributed by atoms with Crippen molar-refractivity contribution in [2.75, 3.05) is 24.3 Å². The Kier molecular flexibility index (Phi) is 4.14. The number of sulfone groups is 1. The molecule has 9 heteroatoms. The second kappa shape index (κ2) is 5.49. The van der Waals surface area contributed by atoms with Crippen LogP contribution in [-0.2, 0) is 21.7 Å². The van der Waals surface area contributed by atoms with E-state index >= 15 is 0 Å². The van der Waals surface area contributed by atoms with Gasteiger partial charge in [0.05, 0.1) is 17.3 Å². The summed E-state index contributed by atoms with van der Waals surface area (Å²) in [6.45, 7) is 0. The van der Waals surface area contributed by atoms with Gasteiger partial charge < -0.3 is 9.47 Å². The molecule has 19 heavy (non-hydrogen) atoms. The van der Waals surface area contributed by atoms with Crippen molar-refractivity contribution in [1.82, 2.24) is 19.7 Å². The van der Waals surface area contributed by atoms with Crippen molar-refractivity contribution in [3.8, 4) is 0 Å². The highest BCUT2D eigenvalue weighted by Gasteiger charge is 2.32. The van der Waals surface area contributed by atoms with Gasteiger partial charge in [0, 0.05) is 20.1 Å². The van der Waals surface area contributed by atoms with Crippen LogP contribution in [0.2, 0.25) is 0 Å². The van der Waals surface area contributed by atoms with Crippen LogP contribution in [0.5, 0.6) is 0 Å². The number of rotatable bonds is 4. The SMILES string of the molecule is CN(C(=O)CSc1nncn1C)C1CCS(=O)(=O)C1. The summed E-state index contributed by atoms with van der Waals surface area (Å²) in [6, 6.07) is -0.197. The summed E-state index contributed by atoms with van der Waals surface area (Å²) >= 11 is 1.30. The number of hydrogen-bond donors (Lipinski definition) is 0. The zero-order valence-corrected chi connectivity index (χ0v) is 12.4. The Morgan fingerprint density at radius 2 is 2.37 bits per heavy atom. The quantitative estimate of drug-likeness (QED) is 0.701. The van der Waals surface area contributed by atoms with Crippen LogP contribution >= 0.6 is 11.8 Å². The van der Waals surface area contributed by atoms with E-state index in [1.165, 1.54) is 16.7 Å². The minimum Gasteiger partial charge on any atom is -0.341 e. The molecule has 1 atom stereocenters. The van der Waals surface area contributed by atoms with E-state index in [0.29, 0.717) is 11.6 Å². The fraction of sp³-hybridized carbons (Fsp3) is 0.700. The Hall–Kier alpha value is -1.09. The number of nitrogens with zero attached hydrogens (tertiary/aromatic N) is 4. The second-order valence-corrected chi connectivity index (χ2v) is 7.75. The van der Waals surface area contributed by atoms with Gasteiger partial charge in [0.25, 0.3) is 0 Å². The van der Waals surface area contributed by atoms with Crippen molar-refractivity contribution in [2.24, 2.45) is 7.05 Å². The third-order valence-corrected chi connectivity index (χ3v) is 5.91. The van der Waals surface area contributed by atoms with Gasteiger partial charge >= 0.3 is 0 Å². The lowest BCUT2D eigenvalue weighted by atomic mass is 10.2. The van der Waals surface area contributed by atoms with Crippen LogP contribution in [0.4, 0.5) is 0 Å². The summed E-state index contributed by atoms with van der Waals surface area (Å²) in [5.41, 5.74) is 0. The van der Waals surface area contributed by atoms with E-state index in [4.69, 9.17) is 0 Å². The smallest absolute Gasteiger partial charge is 0.233 e. The van der Waals surface area contributed by atoms with Crippen molar-refractivity contribution in [2.45, 2.75) is 17.6 Å². The molecule has 106 valence electrons. The summed E-state index contributed by atoms with van der Waals surface area (Å²) in [5.74, 6) is 0.393. The Bertz CT molecular complexity index is 569. The van der Waals surface area contributed by atoms with Gasteiger partial charge in [-0.2, -0.15) is 0 Å². The summed E-state index contributed by atoms with van der Waals surface area (Å²) < 4.78 is 24.5. The molecule has 1 aliphatic rings. The zero-order chi connectivity index (χ0) is 14.0. The lowest BCUT2D eigenvalue weighted by molar-refractivity contribution is -0.128. The first-order valence-electron chi connectivity index (χ1n) is 5.82. The maximum Gasteiger partial charge on any atom is 0.233 e. The Labute approximate surface area is 116 Å². The fourth-order valence-corrected chi connectivity index (χ4v) is 4.50. The molecular formula is C10H16N4O3S2. The van der Waals surface area contributed by atoms with Crippen LogP contribution < -0.4 is 0 Å². The lowest BCUT2D eigenvalue weighted by Crippen LogP contribution is -2.38. The number of amides is 1. The van der Waals surface area contributed by atoms with Crippen LogP contribution in [-0.4, -0.2) is 64.3 Å². The molecule has 1 aromatic rings. The normalized spacial score (nSPS) is 21.5. The first-order valence-corrected chi connectivity index (χ1v) is 8.62. The van der Waals surface area contributed by atoms with Gasteiger partial charge in [0.1, 0.15) is 6.33 Å². The van der Waals surface area contributed by atoms with Crippen molar-refractivity contribution in [3.63, 3.8) is 0 Å². The average molecular weight is 304 g/mol. The number of carbonyl (C=O) groups excluding carboxylic acids is 1. The first kappa shape index (κ1) is 14.3. The van der Waals surface area contributed by atoms with E-state index in [9.17, 15) is 13.2 Å². The highest BCUT2D eigenvalue weighted by atomic mass is 32.2. The molecule has 1 aliphatic heterocycles. The van der Waals surface area contributed by atoms with Gasteiger partial charge in [-0.3, -0.25) is 4.79 Å². The minimum absolute atomic E-state index is 0.0733. The average Bonchev–Trinajstić information content (AvgIpc) is 2.91. The highest BCUT2D eigenvalue weighted by molar-refractivity contribution is 7.99. The fourth-order valence-electron chi connectivity index (χ4n) is 1.92. The predicted octanol–water partition coefficient (Wildman–Crippen LogP) is -0.447. The van der Waals surface area contributed by atoms with Gasteiger partial charge in [-0.05, 0) is 6.42 Å². The largest absolute Gasteiger partial charge is 0.341 e. The minimum atomic E-state index is -2.97. The number of carbonyl (C=O) groups is 1. The van der Waals surface area contributed by atoms with Crippen molar-refractivity contribution >= 4 is 27.5 Å². The molecule has 0 radical (unpaired) electrons. The molecule has 0 N–H and O–H groups in total. The number of aryl methyl sites for hydroxylation is 1. The molecule has 0 saturated carbocycles. The molecule has 1 unspecified atom stereocenters. The molecule has 2 heterocycles. The van der Waals surface area contributed by atoms with E-state index in [0.717, 1.165) is 0 Å². The molecule has 0 aromatic carbocycles. The predicted molar refractivity (Wildman–Crippen MR) is 71.6 cm³/mol. The van der Waals surface area contributed by atoms with E-state index in [2.05, 4.69) is 10.2 Å². The zero-order valence-electron chi connectivity index (χ0n) is 10.8. The molecule has 1 saturated heterocycles. The van der Waals surface area contributed by atoms with Gasteiger partial charge in [-0.1, -0.05) is 11.8 Å². The van der Waals surface area contributed by atoms with Crippen molar-refractivity contribution < 1.29 is 13.2 Å². The lowest BCUT2D eigenvalue weighted by Gasteiger charge is -2.23. The molecule has 2 rings (SSSR count). The van der Waals surface area contributed by atoms with Gasteiger partial charge in [0.2, 0.25) is 5.91 Å². The van der Waals surface area contributed by atoms with E-state index in [1.54, 1.807) is 25.0 Å². The summed E-state index contributed by atoms with van der Waals surface area (Å²) in [6.07, 6.45) is 2.10. The molecule has 1 amide bonds. The maximum atomic E-state index is 12.0. The third-order valence-electron chi connectivity index (χ3n) is 3.14. The first-order chi connectivity index (χ1) is 8.89. The Morgan fingerprint density at radius 1 is 1.63 bits per heavy atom. The third kappa shape index (κ3) is 3.47. The highest BCUT2D eigenvalue weighted by Crippen LogP contribution is 2.19. The maximum absolute atomic E-state index is 12.0. The Balaban J connectivity index is 1.88. The van der Waals surface area contributed by atoms with Crippen LogP contribution in [0.3, 0.4) is 0 Å². The monoisotopic (exact) mass is 304 g/mol. The van der Waals surface area contributed by atoms with E-state index in [-0.39, 0.29) is 29.2 Å². The number of hydrogen-bond acceptors (Lipinski definition) is 6. The number of thioether (sulfide) groups is 1. The summed E-state index contributed by atoms with van der Waals surface area (Å²) in [5, 5.41) is 8.27. The van der Waals surface area contributed by atoms with Crippen LogP contribution in [0.25, 0.3) is 0 Å². The summed E-state index contributed by atoms with van der Waals surface area (Å²) in [4.78, 5) is 13.5. The van der Waals surface area contributed by atoms with Gasteiger partial charge in [0.15, 0.2) is 15.0 Å². The molecular weight excluding hydrogens is 288 g/mol.